The number of hydrogen-bond acceptors (Lipinski definition) is 1. The molecule has 0 saturated heterocycles. The monoisotopic (exact) mass is 264 g/mol. The van der Waals surface area contributed by atoms with Crippen molar-refractivity contribution >= 4 is 17.8 Å². The summed E-state index contributed by atoms with van der Waals surface area (Å²) in [6.07, 6.45) is 2.16. The molecule has 0 aliphatic rings. The maximum Gasteiger partial charge on any atom is 0.0326 e. The highest BCUT2D eigenvalue weighted by Gasteiger charge is 1.95. The van der Waals surface area contributed by atoms with Gasteiger partial charge in [-0.1, -0.05) is 54.0 Å². The van der Waals surface area contributed by atoms with E-state index in [0.29, 0.717) is 0 Å². The van der Waals surface area contributed by atoms with Gasteiger partial charge in [0.2, 0.25) is 0 Å². The zero-order chi connectivity index (χ0) is 13.5. The van der Waals surface area contributed by atoms with Gasteiger partial charge in [0.05, 0.1) is 0 Å². The lowest BCUT2D eigenvalue weighted by molar-refractivity contribution is 1.42. The number of benzene rings is 2. The Morgan fingerprint density at radius 2 is 1.63 bits per heavy atom. The van der Waals surface area contributed by atoms with Crippen LogP contribution in [0.2, 0.25) is 0 Å². The van der Waals surface area contributed by atoms with Crippen LogP contribution in [0.1, 0.15) is 25.0 Å². The van der Waals surface area contributed by atoms with Gasteiger partial charge in [0.25, 0.3) is 0 Å². The van der Waals surface area contributed by atoms with Crippen molar-refractivity contribution in [1.82, 2.24) is 0 Å². The molecule has 94 valence electrons. The summed E-state index contributed by atoms with van der Waals surface area (Å²) in [6, 6.07) is 18.5. The highest BCUT2D eigenvalue weighted by atomic mass is 32.2. The van der Waals surface area contributed by atoms with E-state index in [2.05, 4.69) is 55.4 Å². The second-order valence-electron chi connectivity index (χ2n) is 4.45. The fourth-order valence-corrected chi connectivity index (χ4v) is 2.25. The molecule has 19 heavy (non-hydrogen) atoms. The molecule has 0 atom stereocenters. The summed E-state index contributed by atoms with van der Waals surface area (Å²) >= 11 is 1.56. The molecule has 0 bridgehead atoms. The van der Waals surface area contributed by atoms with Crippen molar-refractivity contribution in [1.29, 1.82) is 0 Å². The van der Waals surface area contributed by atoms with E-state index in [9.17, 15) is 0 Å². The van der Waals surface area contributed by atoms with Crippen LogP contribution < -0.4 is 0 Å². The molecule has 0 aliphatic heterocycles. The Kier molecular flexibility index (Phi) is 4.89. The smallest absolute Gasteiger partial charge is 0.0326 e. The van der Waals surface area contributed by atoms with Gasteiger partial charge in [-0.05, 0) is 54.6 Å². The topological polar surface area (TPSA) is 0 Å². The first-order valence-corrected chi connectivity index (χ1v) is 7.04. The summed E-state index contributed by atoms with van der Waals surface area (Å²) in [5.41, 5.74) is 3.54. The normalized spacial score (nSPS) is 9.37. The Morgan fingerprint density at radius 1 is 0.947 bits per heavy atom. The molecule has 0 nitrogen and oxygen atoms in total. The van der Waals surface area contributed by atoms with Crippen molar-refractivity contribution in [2.45, 2.75) is 18.7 Å². The van der Waals surface area contributed by atoms with E-state index in [1.807, 2.05) is 30.3 Å². The lowest BCUT2D eigenvalue weighted by Crippen LogP contribution is -1.81. The Balaban J connectivity index is 2.18. The van der Waals surface area contributed by atoms with E-state index in [-0.39, 0.29) is 0 Å². The van der Waals surface area contributed by atoms with Crippen LogP contribution in [-0.4, -0.2) is 0 Å². The van der Waals surface area contributed by atoms with Crippen molar-refractivity contribution in [2.24, 2.45) is 0 Å². The molecule has 0 spiro atoms. The summed E-state index contributed by atoms with van der Waals surface area (Å²) in [5, 5.41) is 3.17. The van der Waals surface area contributed by atoms with Gasteiger partial charge >= 0.3 is 0 Å². The van der Waals surface area contributed by atoms with Crippen LogP contribution >= 0.6 is 11.8 Å². The zero-order valence-electron chi connectivity index (χ0n) is 11.2. The van der Waals surface area contributed by atoms with Gasteiger partial charge in [-0.15, -0.1) is 0 Å². The third-order valence-electron chi connectivity index (χ3n) is 2.50. The van der Waals surface area contributed by atoms with Gasteiger partial charge in [0.1, 0.15) is 0 Å². The zero-order valence-corrected chi connectivity index (χ0v) is 12.0. The number of thioether (sulfide) groups is 1. The van der Waals surface area contributed by atoms with E-state index in [0.717, 1.165) is 5.56 Å². The molecule has 0 aliphatic carbocycles. The summed E-state index contributed by atoms with van der Waals surface area (Å²) in [6.45, 7) is 4.20. The van der Waals surface area contributed by atoms with Gasteiger partial charge in [0.15, 0.2) is 0 Å². The van der Waals surface area contributed by atoms with Crippen LogP contribution in [0.5, 0.6) is 0 Å². The summed E-state index contributed by atoms with van der Waals surface area (Å²) in [4.78, 5) is 1.18. The highest BCUT2D eigenvalue weighted by molar-refractivity contribution is 8.03. The fraction of sp³-hybridized carbons (Fsp3) is 0.111. The summed E-state index contributed by atoms with van der Waals surface area (Å²) in [5.74, 6) is 3.24. The average molecular weight is 264 g/mol. The molecular formula is C18H16S. The molecule has 0 radical (unpaired) electrons. The van der Waals surface area contributed by atoms with Crippen LogP contribution in [0.4, 0.5) is 0 Å². The van der Waals surface area contributed by atoms with E-state index < -0.39 is 0 Å². The SMILES string of the molecule is CC(C)=Cc1ccccc1C#CSc1ccccc1. The maximum atomic E-state index is 3.24. The average Bonchev–Trinajstić information content (AvgIpc) is 2.41. The van der Waals surface area contributed by atoms with Crippen LogP contribution in [0, 0.1) is 11.2 Å². The number of rotatable bonds is 2. The lowest BCUT2D eigenvalue weighted by Gasteiger charge is -1.99. The van der Waals surface area contributed by atoms with Crippen LogP contribution in [-0.2, 0) is 0 Å². The molecule has 2 aromatic carbocycles. The second-order valence-corrected chi connectivity index (χ2v) is 5.33. The first-order valence-electron chi connectivity index (χ1n) is 6.22. The Hall–Kier alpha value is -1.91. The van der Waals surface area contributed by atoms with E-state index >= 15 is 0 Å². The maximum absolute atomic E-state index is 3.24. The van der Waals surface area contributed by atoms with Crippen molar-refractivity contribution in [3.8, 4) is 11.2 Å². The molecule has 2 rings (SSSR count). The lowest BCUT2D eigenvalue weighted by atomic mass is 10.1. The van der Waals surface area contributed by atoms with Crippen molar-refractivity contribution in [2.75, 3.05) is 0 Å². The predicted molar refractivity (Wildman–Crippen MR) is 84.9 cm³/mol. The van der Waals surface area contributed by atoms with E-state index in [1.165, 1.54) is 16.0 Å². The molecule has 0 heterocycles. The third-order valence-corrected chi connectivity index (χ3v) is 3.21. The standard InChI is InChI=1S/C18H16S/c1-15(2)14-17-9-7-6-8-16(17)12-13-19-18-10-4-3-5-11-18/h3-11,14H,1-2H3. The van der Waals surface area contributed by atoms with Gasteiger partial charge in [-0.3, -0.25) is 0 Å². The van der Waals surface area contributed by atoms with Gasteiger partial charge < -0.3 is 0 Å². The Labute approximate surface area is 119 Å². The molecule has 0 fully saturated rings. The van der Waals surface area contributed by atoms with Gasteiger partial charge in [-0.25, -0.2) is 0 Å². The molecule has 0 saturated carbocycles. The predicted octanol–water partition coefficient (Wildman–Crippen LogP) is 5.21. The minimum atomic E-state index is 1.08. The number of hydrogen-bond donors (Lipinski definition) is 0. The molecular weight excluding hydrogens is 248 g/mol. The largest absolute Gasteiger partial charge is 0.0758 e. The van der Waals surface area contributed by atoms with Crippen LogP contribution in [0.3, 0.4) is 0 Å². The van der Waals surface area contributed by atoms with Crippen molar-refractivity contribution < 1.29 is 0 Å². The highest BCUT2D eigenvalue weighted by Crippen LogP contribution is 2.17. The molecule has 0 unspecified atom stereocenters. The molecule has 0 amide bonds. The second kappa shape index (κ2) is 6.87. The fourth-order valence-electron chi connectivity index (χ4n) is 1.68. The molecule has 0 N–H and O–H groups in total. The molecule has 1 heteroatoms. The minimum Gasteiger partial charge on any atom is -0.0758 e. The first-order chi connectivity index (χ1) is 9.25. The summed E-state index contributed by atoms with van der Waals surface area (Å²) < 4.78 is 0. The van der Waals surface area contributed by atoms with Crippen molar-refractivity contribution in [3.63, 3.8) is 0 Å². The third kappa shape index (κ3) is 4.35. The quantitative estimate of drug-likeness (QED) is 0.530. The molecule has 0 aromatic heterocycles. The molecule has 2 aromatic rings. The Bertz CT molecular complexity index is 623. The van der Waals surface area contributed by atoms with E-state index in [4.69, 9.17) is 0 Å². The van der Waals surface area contributed by atoms with E-state index in [1.54, 1.807) is 11.8 Å². The first kappa shape index (κ1) is 13.5. The van der Waals surface area contributed by atoms with Gasteiger partial charge in [0, 0.05) is 10.5 Å². The summed E-state index contributed by atoms with van der Waals surface area (Å²) in [7, 11) is 0. The number of allylic oxidation sites excluding steroid dienone is 1. The van der Waals surface area contributed by atoms with Crippen LogP contribution in [0.25, 0.3) is 6.08 Å². The Morgan fingerprint density at radius 3 is 2.37 bits per heavy atom. The van der Waals surface area contributed by atoms with Crippen molar-refractivity contribution in [3.05, 3.63) is 71.3 Å². The minimum absolute atomic E-state index is 1.08. The van der Waals surface area contributed by atoms with Gasteiger partial charge in [-0.2, -0.15) is 0 Å². The van der Waals surface area contributed by atoms with Crippen LogP contribution in [0.15, 0.2) is 65.1 Å².